The topological polar surface area (TPSA) is 51.2 Å². The van der Waals surface area contributed by atoms with Crippen LogP contribution in [0.2, 0.25) is 5.02 Å². The van der Waals surface area contributed by atoms with Gasteiger partial charge in [-0.15, -0.1) is 0 Å². The highest BCUT2D eigenvalue weighted by atomic mass is 35.5. The number of alkyl halides is 2. The van der Waals surface area contributed by atoms with Crippen molar-refractivity contribution >= 4 is 23.6 Å². The molecule has 1 aliphatic carbocycles. The Morgan fingerprint density at radius 1 is 1.36 bits per heavy atom. The van der Waals surface area contributed by atoms with Crippen LogP contribution in [0, 0.1) is 0 Å². The molecule has 0 spiro atoms. The van der Waals surface area contributed by atoms with E-state index in [9.17, 15) is 13.6 Å². The van der Waals surface area contributed by atoms with Crippen LogP contribution in [0.5, 0.6) is 11.6 Å². The van der Waals surface area contributed by atoms with Crippen LogP contribution in [0.15, 0.2) is 42.6 Å². The van der Waals surface area contributed by atoms with E-state index in [1.165, 1.54) is 19.9 Å². The highest BCUT2D eigenvalue weighted by Gasteiger charge is 2.68. The van der Waals surface area contributed by atoms with Gasteiger partial charge in [-0.05, 0) is 43.2 Å². The molecule has 2 aromatic rings. The number of rotatable bonds is 6. The minimum Gasteiger partial charge on any atom is -0.437 e. The molecule has 1 unspecified atom stereocenters. The molecule has 0 aliphatic heterocycles. The average Bonchev–Trinajstić information content (AvgIpc) is 3.14. The molecule has 1 aromatic heterocycles. The molecule has 1 N–H and O–H groups in total. The molecule has 1 amide bonds. The second-order valence-electron chi connectivity index (χ2n) is 7.24. The fraction of sp³-hybridized carbons (Fsp3) is 0.333. The summed E-state index contributed by atoms with van der Waals surface area (Å²) in [7, 11) is 0. The van der Waals surface area contributed by atoms with E-state index < -0.39 is 11.3 Å². The van der Waals surface area contributed by atoms with Gasteiger partial charge in [0.15, 0.2) is 0 Å². The molecule has 0 radical (unpaired) electrons. The van der Waals surface area contributed by atoms with Gasteiger partial charge in [0.2, 0.25) is 11.8 Å². The summed E-state index contributed by atoms with van der Waals surface area (Å²) in [6.07, 6.45) is 5.15. The fourth-order valence-electron chi connectivity index (χ4n) is 2.93. The second kappa shape index (κ2) is 7.51. The first-order valence-corrected chi connectivity index (χ1v) is 9.25. The summed E-state index contributed by atoms with van der Waals surface area (Å²) >= 11 is 6.22. The average molecular weight is 407 g/mol. The SMILES string of the molecule is CC(=O)N[C@@H](C)/C=C/c1ccc(Oc2ccc(C3(C)CC3(F)F)cc2Cl)nc1. The van der Waals surface area contributed by atoms with E-state index in [2.05, 4.69) is 10.3 Å². The number of aromatic nitrogens is 1. The van der Waals surface area contributed by atoms with Crippen LogP contribution in [0.25, 0.3) is 6.08 Å². The van der Waals surface area contributed by atoms with Gasteiger partial charge in [0.05, 0.1) is 10.4 Å². The zero-order valence-electron chi connectivity index (χ0n) is 15.8. The molecule has 1 fully saturated rings. The Balaban J connectivity index is 1.66. The summed E-state index contributed by atoms with van der Waals surface area (Å²) in [4.78, 5) is 15.2. The normalized spacial score (nSPS) is 21.4. The summed E-state index contributed by atoms with van der Waals surface area (Å²) < 4.78 is 32.8. The third-order valence-corrected chi connectivity index (χ3v) is 5.10. The number of benzene rings is 1. The number of ether oxygens (including phenoxy) is 1. The van der Waals surface area contributed by atoms with Crippen LogP contribution in [0.1, 0.15) is 38.3 Å². The number of amides is 1. The first-order chi connectivity index (χ1) is 13.1. The highest BCUT2D eigenvalue weighted by molar-refractivity contribution is 6.32. The fourth-order valence-corrected chi connectivity index (χ4v) is 3.15. The maximum atomic E-state index is 13.5. The van der Waals surface area contributed by atoms with Crippen molar-refractivity contribution in [2.75, 3.05) is 0 Å². The molecule has 1 heterocycles. The van der Waals surface area contributed by atoms with Crippen LogP contribution < -0.4 is 10.1 Å². The Bertz CT molecular complexity index is 915. The van der Waals surface area contributed by atoms with E-state index in [4.69, 9.17) is 16.3 Å². The van der Waals surface area contributed by atoms with Crippen molar-refractivity contribution in [1.29, 1.82) is 0 Å². The summed E-state index contributed by atoms with van der Waals surface area (Å²) in [6.45, 7) is 4.86. The minimum absolute atomic E-state index is 0.0912. The Hall–Kier alpha value is -2.47. The van der Waals surface area contributed by atoms with E-state index in [0.717, 1.165) is 5.56 Å². The quantitative estimate of drug-likeness (QED) is 0.702. The predicted molar refractivity (Wildman–Crippen MR) is 105 cm³/mol. The van der Waals surface area contributed by atoms with Crippen molar-refractivity contribution in [3.8, 4) is 11.6 Å². The summed E-state index contributed by atoms with van der Waals surface area (Å²) in [5.41, 5.74) is 0.182. The highest BCUT2D eigenvalue weighted by Crippen LogP contribution is 2.61. The first kappa shape index (κ1) is 20.3. The molecule has 1 saturated carbocycles. The van der Waals surface area contributed by atoms with E-state index in [0.29, 0.717) is 17.2 Å². The number of hydrogen-bond acceptors (Lipinski definition) is 3. The van der Waals surface area contributed by atoms with Gasteiger partial charge in [0, 0.05) is 31.6 Å². The molecule has 4 nitrogen and oxygen atoms in total. The van der Waals surface area contributed by atoms with Gasteiger partial charge in [0.25, 0.3) is 5.92 Å². The van der Waals surface area contributed by atoms with Crippen molar-refractivity contribution in [2.24, 2.45) is 0 Å². The smallest absolute Gasteiger partial charge is 0.258 e. The van der Waals surface area contributed by atoms with Gasteiger partial charge in [-0.3, -0.25) is 4.79 Å². The van der Waals surface area contributed by atoms with Crippen molar-refractivity contribution in [1.82, 2.24) is 10.3 Å². The molecule has 3 rings (SSSR count). The molecule has 2 atom stereocenters. The largest absolute Gasteiger partial charge is 0.437 e. The zero-order chi connectivity index (χ0) is 20.5. The number of carbonyl (C=O) groups excluding carboxylic acids is 1. The van der Waals surface area contributed by atoms with Crippen molar-refractivity contribution in [3.63, 3.8) is 0 Å². The Morgan fingerprint density at radius 2 is 2.07 bits per heavy atom. The zero-order valence-corrected chi connectivity index (χ0v) is 16.6. The number of halogens is 3. The lowest BCUT2D eigenvalue weighted by Gasteiger charge is -2.13. The predicted octanol–water partition coefficient (Wildman–Crippen LogP) is 5.36. The molecular formula is C21H21ClF2N2O2. The molecule has 0 saturated heterocycles. The molecule has 1 aliphatic rings. The third kappa shape index (κ3) is 4.33. The number of carbonyl (C=O) groups is 1. The second-order valence-corrected chi connectivity index (χ2v) is 7.65. The van der Waals surface area contributed by atoms with Crippen LogP contribution in [-0.2, 0) is 10.2 Å². The lowest BCUT2D eigenvalue weighted by atomic mass is 9.97. The Kier molecular flexibility index (Phi) is 5.44. The molecular weight excluding hydrogens is 386 g/mol. The molecule has 7 heteroatoms. The molecule has 1 aromatic carbocycles. The number of hydrogen-bond donors (Lipinski definition) is 1. The van der Waals surface area contributed by atoms with Crippen LogP contribution in [0.3, 0.4) is 0 Å². The van der Waals surface area contributed by atoms with Crippen LogP contribution in [0.4, 0.5) is 8.78 Å². The maximum Gasteiger partial charge on any atom is 0.258 e. The van der Waals surface area contributed by atoms with Gasteiger partial charge in [-0.1, -0.05) is 29.8 Å². The van der Waals surface area contributed by atoms with E-state index in [1.54, 1.807) is 24.4 Å². The lowest BCUT2D eigenvalue weighted by molar-refractivity contribution is -0.119. The first-order valence-electron chi connectivity index (χ1n) is 8.88. The van der Waals surface area contributed by atoms with E-state index in [-0.39, 0.29) is 23.4 Å². The Morgan fingerprint density at radius 3 is 2.61 bits per heavy atom. The number of pyridine rings is 1. The van der Waals surface area contributed by atoms with E-state index >= 15 is 0 Å². The maximum absolute atomic E-state index is 13.5. The van der Waals surface area contributed by atoms with Gasteiger partial charge >= 0.3 is 0 Å². The molecule has 148 valence electrons. The lowest BCUT2D eigenvalue weighted by Crippen LogP contribution is -2.28. The Labute approximate surface area is 167 Å². The van der Waals surface area contributed by atoms with Gasteiger partial charge in [-0.25, -0.2) is 13.8 Å². The number of nitrogens with one attached hydrogen (secondary N) is 1. The van der Waals surface area contributed by atoms with Crippen molar-refractivity contribution < 1.29 is 18.3 Å². The third-order valence-electron chi connectivity index (χ3n) is 4.81. The van der Waals surface area contributed by atoms with Crippen molar-refractivity contribution in [2.45, 2.75) is 44.6 Å². The summed E-state index contributed by atoms with van der Waals surface area (Å²) in [5.74, 6) is -2.10. The van der Waals surface area contributed by atoms with Gasteiger partial charge < -0.3 is 10.1 Å². The van der Waals surface area contributed by atoms with Gasteiger partial charge in [0.1, 0.15) is 5.75 Å². The standard InChI is InChI=1S/C21H21ClF2N2O2/c1-13(26-14(2)27)4-5-15-6-9-19(25-11-15)28-18-8-7-16(10-17(18)22)20(3)12-21(20,23)24/h4-11,13H,12H2,1-3H3,(H,26,27)/b5-4+/t13-,20?/m0/s1. The molecule has 28 heavy (non-hydrogen) atoms. The van der Waals surface area contributed by atoms with Crippen molar-refractivity contribution in [3.05, 3.63) is 58.8 Å². The van der Waals surface area contributed by atoms with E-state index in [1.807, 2.05) is 25.1 Å². The number of nitrogens with zero attached hydrogens (tertiary/aromatic N) is 1. The minimum atomic E-state index is -2.69. The summed E-state index contributed by atoms with van der Waals surface area (Å²) in [6, 6.07) is 8.13. The monoisotopic (exact) mass is 406 g/mol. The molecule has 0 bridgehead atoms. The summed E-state index contributed by atoms with van der Waals surface area (Å²) in [5, 5.41) is 3.02. The van der Waals surface area contributed by atoms with Crippen LogP contribution in [-0.4, -0.2) is 22.9 Å². The van der Waals surface area contributed by atoms with Crippen LogP contribution >= 0.6 is 11.6 Å². The van der Waals surface area contributed by atoms with Gasteiger partial charge in [-0.2, -0.15) is 0 Å².